The lowest BCUT2D eigenvalue weighted by Gasteiger charge is -1.98. The first-order chi connectivity index (χ1) is 5.61. The van der Waals surface area contributed by atoms with Crippen LogP contribution in [0.15, 0.2) is 16.6 Å². The smallest absolute Gasteiger partial charge is 0.166 e. The molecular formula is C9H12BrFO. The number of hydrogen-bond donors (Lipinski definition) is 1. The molecule has 0 unspecified atom stereocenters. The highest BCUT2D eigenvalue weighted by Gasteiger charge is 2.04. The van der Waals surface area contributed by atoms with Crippen molar-refractivity contribution in [3.8, 4) is 5.75 Å². The van der Waals surface area contributed by atoms with Gasteiger partial charge in [-0.25, -0.2) is 4.39 Å². The number of aryl methyl sites for hydroxylation is 1. The number of hydrogen-bond acceptors (Lipinski definition) is 1. The van der Waals surface area contributed by atoms with Crippen molar-refractivity contribution in [1.82, 2.24) is 0 Å². The van der Waals surface area contributed by atoms with Crippen LogP contribution in [0.1, 0.15) is 19.4 Å². The van der Waals surface area contributed by atoms with Crippen LogP contribution in [0.5, 0.6) is 5.75 Å². The van der Waals surface area contributed by atoms with Crippen molar-refractivity contribution in [1.29, 1.82) is 0 Å². The summed E-state index contributed by atoms with van der Waals surface area (Å²) in [6.07, 6.45) is 0. The summed E-state index contributed by atoms with van der Waals surface area (Å²) in [5.74, 6) is -0.919. The Morgan fingerprint density at radius 1 is 1.33 bits per heavy atom. The van der Waals surface area contributed by atoms with Crippen LogP contribution in [0.3, 0.4) is 0 Å². The van der Waals surface area contributed by atoms with E-state index in [0.717, 1.165) is 5.56 Å². The Labute approximate surface area is 80.4 Å². The summed E-state index contributed by atoms with van der Waals surface area (Å²) in [6.45, 7) is 5.76. The van der Waals surface area contributed by atoms with Gasteiger partial charge >= 0.3 is 0 Å². The van der Waals surface area contributed by atoms with Crippen LogP contribution < -0.4 is 0 Å². The van der Waals surface area contributed by atoms with E-state index in [-0.39, 0.29) is 5.75 Å². The van der Waals surface area contributed by atoms with Crippen LogP contribution in [-0.2, 0) is 0 Å². The molecule has 12 heavy (non-hydrogen) atoms. The molecular weight excluding hydrogens is 223 g/mol. The van der Waals surface area contributed by atoms with Gasteiger partial charge in [-0.3, -0.25) is 0 Å². The fraction of sp³-hybridized carbons (Fsp3) is 0.333. The quantitative estimate of drug-likeness (QED) is 0.727. The predicted molar refractivity (Wildman–Crippen MR) is 51.8 cm³/mol. The molecule has 0 amide bonds. The third-order valence-corrected chi connectivity index (χ3v) is 1.77. The molecule has 0 atom stereocenters. The Morgan fingerprint density at radius 2 is 1.83 bits per heavy atom. The Morgan fingerprint density at radius 3 is 2.25 bits per heavy atom. The summed E-state index contributed by atoms with van der Waals surface area (Å²) < 4.78 is 13.0. The zero-order valence-electron chi connectivity index (χ0n) is 7.36. The number of phenolic OH excluding ortho intramolecular Hbond substituents is 1. The number of rotatable bonds is 0. The summed E-state index contributed by atoms with van der Waals surface area (Å²) >= 11 is 3.01. The van der Waals surface area contributed by atoms with Crippen molar-refractivity contribution in [2.24, 2.45) is 0 Å². The normalized spacial score (nSPS) is 8.75. The van der Waals surface area contributed by atoms with Gasteiger partial charge in [0.1, 0.15) is 0 Å². The van der Waals surface area contributed by atoms with E-state index < -0.39 is 5.82 Å². The number of benzene rings is 1. The summed E-state index contributed by atoms with van der Waals surface area (Å²) in [7, 11) is 0. The van der Waals surface area contributed by atoms with Crippen LogP contribution in [0.25, 0.3) is 0 Å². The lowest BCUT2D eigenvalue weighted by Crippen LogP contribution is -1.79. The molecule has 1 aromatic rings. The first kappa shape index (κ1) is 11.4. The lowest BCUT2D eigenvalue weighted by atomic mass is 10.2. The average molecular weight is 235 g/mol. The van der Waals surface area contributed by atoms with Gasteiger partial charge in [-0.2, -0.15) is 0 Å². The molecule has 0 aliphatic carbocycles. The minimum atomic E-state index is -0.591. The van der Waals surface area contributed by atoms with E-state index in [2.05, 4.69) is 15.9 Å². The van der Waals surface area contributed by atoms with E-state index in [1.54, 1.807) is 13.0 Å². The van der Waals surface area contributed by atoms with E-state index in [1.807, 2.05) is 13.8 Å². The van der Waals surface area contributed by atoms with Gasteiger partial charge in [-0.1, -0.05) is 13.8 Å². The molecule has 0 saturated heterocycles. The largest absolute Gasteiger partial charge is 0.504 e. The highest BCUT2D eigenvalue weighted by molar-refractivity contribution is 9.10. The van der Waals surface area contributed by atoms with Gasteiger partial charge in [-0.05, 0) is 40.5 Å². The van der Waals surface area contributed by atoms with E-state index in [4.69, 9.17) is 5.11 Å². The van der Waals surface area contributed by atoms with Crippen molar-refractivity contribution in [3.05, 3.63) is 28.0 Å². The monoisotopic (exact) mass is 234 g/mol. The van der Waals surface area contributed by atoms with Crippen molar-refractivity contribution in [2.45, 2.75) is 20.8 Å². The molecule has 0 saturated carbocycles. The number of phenols is 1. The molecule has 1 N–H and O–H groups in total. The molecule has 1 nitrogen and oxygen atoms in total. The van der Waals surface area contributed by atoms with Crippen molar-refractivity contribution in [3.63, 3.8) is 0 Å². The molecule has 0 fully saturated rings. The van der Waals surface area contributed by atoms with E-state index in [9.17, 15) is 4.39 Å². The number of halogens is 2. The van der Waals surface area contributed by atoms with Crippen molar-refractivity contribution in [2.75, 3.05) is 0 Å². The Balaban J connectivity index is 0.000000561. The van der Waals surface area contributed by atoms with E-state index in [0.29, 0.717) is 4.47 Å². The molecule has 0 aliphatic rings. The van der Waals surface area contributed by atoms with Crippen LogP contribution in [0.2, 0.25) is 0 Å². The topological polar surface area (TPSA) is 20.2 Å². The maximum atomic E-state index is 12.6. The molecule has 0 radical (unpaired) electrons. The first-order valence-electron chi connectivity index (χ1n) is 3.76. The van der Waals surface area contributed by atoms with Gasteiger partial charge in [0.05, 0.1) is 4.47 Å². The second-order valence-electron chi connectivity index (χ2n) is 2.08. The fourth-order valence-corrected chi connectivity index (χ4v) is 1.24. The van der Waals surface area contributed by atoms with Crippen LogP contribution in [-0.4, -0.2) is 5.11 Å². The molecule has 0 spiro atoms. The Kier molecular flexibility index (Phi) is 4.90. The molecule has 1 aromatic carbocycles. The highest BCUT2D eigenvalue weighted by atomic mass is 79.9. The fourth-order valence-electron chi connectivity index (χ4n) is 0.692. The predicted octanol–water partition coefficient (Wildman–Crippen LogP) is 3.63. The summed E-state index contributed by atoms with van der Waals surface area (Å²) in [4.78, 5) is 0. The third-order valence-electron chi connectivity index (χ3n) is 1.16. The first-order valence-corrected chi connectivity index (χ1v) is 4.55. The molecule has 0 bridgehead atoms. The standard InChI is InChI=1S/C7H6BrFO.C2H6/c1-4-2-5(8)7(10)6(9)3-4;1-2/h2-3,10H,1H3;1-2H3. The Bertz CT molecular complexity index is 238. The molecule has 0 heterocycles. The van der Waals surface area contributed by atoms with Crippen molar-refractivity contribution >= 4 is 15.9 Å². The summed E-state index contributed by atoms with van der Waals surface area (Å²) in [5.41, 5.74) is 0.780. The van der Waals surface area contributed by atoms with E-state index in [1.165, 1.54) is 6.07 Å². The Hall–Kier alpha value is -0.570. The summed E-state index contributed by atoms with van der Waals surface area (Å²) in [6, 6.07) is 2.93. The minimum absolute atomic E-state index is 0.328. The second-order valence-corrected chi connectivity index (χ2v) is 2.93. The van der Waals surface area contributed by atoms with Gasteiger partial charge in [0.25, 0.3) is 0 Å². The van der Waals surface area contributed by atoms with Crippen LogP contribution in [0, 0.1) is 12.7 Å². The molecule has 68 valence electrons. The van der Waals surface area contributed by atoms with Gasteiger partial charge in [-0.15, -0.1) is 0 Å². The van der Waals surface area contributed by atoms with Crippen LogP contribution in [0.4, 0.5) is 4.39 Å². The van der Waals surface area contributed by atoms with Gasteiger partial charge in [0.15, 0.2) is 11.6 Å². The van der Waals surface area contributed by atoms with E-state index >= 15 is 0 Å². The SMILES string of the molecule is CC.Cc1cc(F)c(O)c(Br)c1. The number of aromatic hydroxyl groups is 1. The highest BCUT2D eigenvalue weighted by Crippen LogP contribution is 2.27. The maximum Gasteiger partial charge on any atom is 0.166 e. The van der Waals surface area contributed by atoms with Crippen LogP contribution >= 0.6 is 15.9 Å². The molecule has 0 aliphatic heterocycles. The zero-order chi connectivity index (χ0) is 9.72. The maximum absolute atomic E-state index is 12.6. The molecule has 0 aromatic heterocycles. The molecule has 1 rings (SSSR count). The van der Waals surface area contributed by atoms with Gasteiger partial charge in [0.2, 0.25) is 0 Å². The lowest BCUT2D eigenvalue weighted by molar-refractivity contribution is 0.428. The van der Waals surface area contributed by atoms with Gasteiger partial charge < -0.3 is 5.11 Å². The van der Waals surface area contributed by atoms with Gasteiger partial charge in [0, 0.05) is 0 Å². The third kappa shape index (κ3) is 2.81. The van der Waals surface area contributed by atoms with Crippen molar-refractivity contribution < 1.29 is 9.50 Å². The minimum Gasteiger partial charge on any atom is -0.504 e. The summed E-state index contributed by atoms with van der Waals surface area (Å²) in [5, 5.41) is 8.91. The second kappa shape index (κ2) is 5.14. The average Bonchev–Trinajstić information content (AvgIpc) is 2.04. The molecule has 3 heteroatoms. The zero-order valence-corrected chi connectivity index (χ0v) is 8.94.